The summed E-state index contributed by atoms with van der Waals surface area (Å²) < 4.78 is 39.9. The smallest absolute Gasteiger partial charge is 0.146 e. The summed E-state index contributed by atoms with van der Waals surface area (Å²) >= 11 is 0. The summed E-state index contributed by atoms with van der Waals surface area (Å²) in [6, 6.07) is 5.22. The van der Waals surface area contributed by atoms with Crippen molar-refractivity contribution in [3.8, 4) is 0 Å². The molecule has 0 aliphatic rings. The summed E-state index contributed by atoms with van der Waals surface area (Å²) in [7, 11) is 0. The maximum atomic E-state index is 13.6. The lowest BCUT2D eigenvalue weighted by Crippen LogP contribution is -2.31. The fourth-order valence-corrected chi connectivity index (χ4v) is 1.80. The predicted octanol–water partition coefficient (Wildman–Crippen LogP) is 2.25. The average Bonchev–Trinajstić information content (AvgIpc) is 2.39. The van der Waals surface area contributed by atoms with Crippen LogP contribution in [0.3, 0.4) is 0 Å². The first-order chi connectivity index (χ1) is 9.11. The highest BCUT2D eigenvalue weighted by atomic mass is 19.1. The Morgan fingerprint density at radius 1 is 1.16 bits per heavy atom. The largest absolute Gasteiger partial charge is 0.271 e. The number of aromatic nitrogens is 1. The van der Waals surface area contributed by atoms with Crippen molar-refractivity contribution in [2.45, 2.75) is 12.5 Å². The van der Waals surface area contributed by atoms with Gasteiger partial charge in [-0.2, -0.15) is 0 Å². The molecule has 0 amide bonds. The van der Waals surface area contributed by atoms with Crippen LogP contribution in [0.4, 0.5) is 13.2 Å². The van der Waals surface area contributed by atoms with Gasteiger partial charge in [0.15, 0.2) is 0 Å². The second kappa shape index (κ2) is 5.81. The lowest BCUT2D eigenvalue weighted by molar-refractivity contribution is 0.482. The molecule has 0 fully saturated rings. The van der Waals surface area contributed by atoms with Crippen LogP contribution < -0.4 is 11.3 Å². The van der Waals surface area contributed by atoms with Crippen molar-refractivity contribution in [3.63, 3.8) is 0 Å². The SMILES string of the molecule is NNC(Cc1ccc(F)cc1F)c1ncccc1F. The number of nitrogens with zero attached hydrogens (tertiary/aromatic N) is 1. The van der Waals surface area contributed by atoms with Crippen LogP contribution in [0, 0.1) is 17.5 Å². The van der Waals surface area contributed by atoms with E-state index in [1.165, 1.54) is 24.4 Å². The molecule has 19 heavy (non-hydrogen) atoms. The van der Waals surface area contributed by atoms with E-state index in [2.05, 4.69) is 10.4 Å². The van der Waals surface area contributed by atoms with E-state index in [0.717, 1.165) is 12.1 Å². The first-order valence-electron chi connectivity index (χ1n) is 5.62. The molecule has 0 radical (unpaired) electrons. The average molecular weight is 267 g/mol. The van der Waals surface area contributed by atoms with Gasteiger partial charge in [-0.1, -0.05) is 6.07 Å². The molecule has 0 aliphatic heterocycles. The third-order valence-corrected chi connectivity index (χ3v) is 2.76. The number of halogens is 3. The maximum Gasteiger partial charge on any atom is 0.146 e. The molecule has 0 aliphatic carbocycles. The molecule has 1 aromatic carbocycles. The van der Waals surface area contributed by atoms with Gasteiger partial charge in [0.25, 0.3) is 0 Å². The van der Waals surface area contributed by atoms with E-state index < -0.39 is 23.5 Å². The third kappa shape index (κ3) is 3.10. The van der Waals surface area contributed by atoms with E-state index in [1.807, 2.05) is 0 Å². The summed E-state index contributed by atoms with van der Waals surface area (Å²) in [5, 5.41) is 0. The molecule has 2 aromatic rings. The van der Waals surface area contributed by atoms with Gasteiger partial charge in [-0.3, -0.25) is 16.3 Å². The van der Waals surface area contributed by atoms with Crippen LogP contribution in [0.1, 0.15) is 17.3 Å². The molecular weight excluding hydrogens is 255 g/mol. The summed E-state index contributed by atoms with van der Waals surface area (Å²) in [4.78, 5) is 3.88. The quantitative estimate of drug-likeness (QED) is 0.660. The Hall–Kier alpha value is -1.92. The highest BCUT2D eigenvalue weighted by Gasteiger charge is 2.18. The summed E-state index contributed by atoms with van der Waals surface area (Å²) in [5.74, 6) is 3.45. The number of pyridine rings is 1. The molecule has 0 saturated carbocycles. The van der Waals surface area contributed by atoms with Crippen molar-refractivity contribution in [1.82, 2.24) is 10.4 Å². The minimum atomic E-state index is -0.698. The molecule has 0 spiro atoms. The summed E-state index contributed by atoms with van der Waals surface area (Å²) in [6.45, 7) is 0. The Kier molecular flexibility index (Phi) is 4.13. The number of hydrazine groups is 1. The highest BCUT2D eigenvalue weighted by Crippen LogP contribution is 2.20. The third-order valence-electron chi connectivity index (χ3n) is 2.76. The molecule has 1 unspecified atom stereocenters. The molecular formula is C13H12F3N3. The zero-order chi connectivity index (χ0) is 13.8. The van der Waals surface area contributed by atoms with Crippen LogP contribution in [0.15, 0.2) is 36.5 Å². The van der Waals surface area contributed by atoms with Crippen molar-refractivity contribution in [2.24, 2.45) is 5.84 Å². The number of hydrogen-bond acceptors (Lipinski definition) is 3. The summed E-state index contributed by atoms with van der Waals surface area (Å²) in [6.07, 6.45) is 1.49. The highest BCUT2D eigenvalue weighted by molar-refractivity contribution is 5.22. The molecule has 1 atom stereocenters. The van der Waals surface area contributed by atoms with Crippen molar-refractivity contribution >= 4 is 0 Å². The van der Waals surface area contributed by atoms with E-state index in [0.29, 0.717) is 0 Å². The standard InChI is InChI=1S/C13H12F3N3/c14-9-4-3-8(11(16)7-9)6-12(19-17)13-10(15)2-1-5-18-13/h1-5,7,12,19H,6,17H2. The molecule has 0 saturated heterocycles. The zero-order valence-electron chi connectivity index (χ0n) is 9.91. The molecule has 1 heterocycles. The molecule has 2 rings (SSSR count). The van der Waals surface area contributed by atoms with Gasteiger partial charge in [-0.25, -0.2) is 13.2 Å². The van der Waals surface area contributed by atoms with Crippen molar-refractivity contribution < 1.29 is 13.2 Å². The molecule has 1 aromatic heterocycles. The number of nitrogens with two attached hydrogens (primary N) is 1. The monoisotopic (exact) mass is 267 g/mol. The van der Waals surface area contributed by atoms with Crippen LogP contribution in [0.5, 0.6) is 0 Å². The molecule has 0 bridgehead atoms. The van der Waals surface area contributed by atoms with E-state index in [-0.39, 0.29) is 17.7 Å². The van der Waals surface area contributed by atoms with Gasteiger partial charge in [0, 0.05) is 12.3 Å². The van der Waals surface area contributed by atoms with E-state index in [1.54, 1.807) is 0 Å². The normalized spacial score (nSPS) is 12.4. The molecule has 3 nitrogen and oxygen atoms in total. The fraction of sp³-hybridized carbons (Fsp3) is 0.154. The molecule has 6 heteroatoms. The Labute approximate surface area is 108 Å². The van der Waals surface area contributed by atoms with Gasteiger partial charge >= 0.3 is 0 Å². The second-order valence-corrected chi connectivity index (χ2v) is 4.03. The van der Waals surface area contributed by atoms with Gasteiger partial charge in [0.1, 0.15) is 17.5 Å². The number of rotatable bonds is 4. The van der Waals surface area contributed by atoms with Crippen LogP contribution in [0.2, 0.25) is 0 Å². The van der Waals surface area contributed by atoms with E-state index in [9.17, 15) is 13.2 Å². The fourth-order valence-electron chi connectivity index (χ4n) is 1.80. The van der Waals surface area contributed by atoms with Crippen LogP contribution in [-0.4, -0.2) is 4.98 Å². The topological polar surface area (TPSA) is 50.9 Å². The first-order valence-corrected chi connectivity index (χ1v) is 5.62. The predicted molar refractivity (Wildman–Crippen MR) is 64.3 cm³/mol. The van der Waals surface area contributed by atoms with E-state index in [4.69, 9.17) is 5.84 Å². The second-order valence-electron chi connectivity index (χ2n) is 4.03. The van der Waals surface area contributed by atoms with Gasteiger partial charge in [0.05, 0.1) is 11.7 Å². The lowest BCUT2D eigenvalue weighted by atomic mass is 10.0. The Bertz CT molecular complexity index is 575. The zero-order valence-corrected chi connectivity index (χ0v) is 9.91. The minimum Gasteiger partial charge on any atom is -0.271 e. The van der Waals surface area contributed by atoms with Crippen LogP contribution in [0.25, 0.3) is 0 Å². The number of benzene rings is 1. The Morgan fingerprint density at radius 3 is 2.58 bits per heavy atom. The number of hydrogen-bond donors (Lipinski definition) is 2. The van der Waals surface area contributed by atoms with Gasteiger partial charge < -0.3 is 0 Å². The summed E-state index contributed by atoms with van der Waals surface area (Å²) in [5.41, 5.74) is 2.71. The van der Waals surface area contributed by atoms with Crippen molar-refractivity contribution in [1.29, 1.82) is 0 Å². The molecule has 3 N–H and O–H groups in total. The Morgan fingerprint density at radius 2 is 1.95 bits per heavy atom. The molecule has 100 valence electrons. The van der Waals surface area contributed by atoms with Crippen LogP contribution in [-0.2, 0) is 6.42 Å². The minimum absolute atomic E-state index is 0.0660. The van der Waals surface area contributed by atoms with Gasteiger partial charge in [-0.05, 0) is 30.2 Å². The lowest BCUT2D eigenvalue weighted by Gasteiger charge is -2.16. The van der Waals surface area contributed by atoms with Gasteiger partial charge in [0.2, 0.25) is 0 Å². The van der Waals surface area contributed by atoms with Gasteiger partial charge in [-0.15, -0.1) is 0 Å². The van der Waals surface area contributed by atoms with Crippen molar-refractivity contribution in [3.05, 3.63) is 65.2 Å². The maximum absolute atomic E-state index is 13.6. The van der Waals surface area contributed by atoms with Crippen molar-refractivity contribution in [2.75, 3.05) is 0 Å². The first kappa shape index (κ1) is 13.5. The Balaban J connectivity index is 2.27. The van der Waals surface area contributed by atoms with E-state index >= 15 is 0 Å². The van der Waals surface area contributed by atoms with Crippen LogP contribution >= 0.6 is 0 Å². The number of nitrogens with one attached hydrogen (secondary N) is 1.